The Morgan fingerprint density at radius 2 is 1.83 bits per heavy atom. The smallest absolute Gasteiger partial charge is 0.395 e. The molecule has 1 aliphatic rings. The lowest BCUT2D eigenvalue weighted by Gasteiger charge is -2.21. The minimum absolute atomic E-state index is 0.0216. The van der Waals surface area contributed by atoms with Crippen molar-refractivity contribution in [3.63, 3.8) is 0 Å². The second-order valence-corrected chi connectivity index (χ2v) is 5.83. The van der Waals surface area contributed by atoms with Gasteiger partial charge in [0.05, 0.1) is 12.2 Å². The van der Waals surface area contributed by atoms with Crippen LogP contribution in [0.5, 0.6) is 0 Å². The van der Waals surface area contributed by atoms with Gasteiger partial charge in [0.2, 0.25) is 0 Å². The molecule has 1 saturated carbocycles. The summed E-state index contributed by atoms with van der Waals surface area (Å²) in [5, 5.41) is 9.58. The van der Waals surface area contributed by atoms with E-state index in [0.717, 1.165) is 18.1 Å². The molecule has 1 N–H and O–H groups in total. The van der Waals surface area contributed by atoms with E-state index in [0.29, 0.717) is 5.56 Å². The molecule has 1 aliphatic carbocycles. The molecule has 0 heterocycles. The Morgan fingerprint density at radius 1 is 1.28 bits per heavy atom. The number of hydrogen-bond donors (Lipinski definition) is 1. The number of aliphatic hydroxyl groups is 1. The lowest BCUT2D eigenvalue weighted by Crippen LogP contribution is -2.21. The molecule has 0 bridgehead atoms. The summed E-state index contributed by atoms with van der Waals surface area (Å²) >= 11 is 0. The average Bonchev–Trinajstić information content (AvgIpc) is 2.80. The summed E-state index contributed by atoms with van der Waals surface area (Å²) in [7, 11) is 0. The van der Waals surface area contributed by atoms with Crippen molar-refractivity contribution < 1.29 is 18.3 Å². The maximum absolute atomic E-state index is 12.6. The van der Waals surface area contributed by atoms with E-state index < -0.39 is 11.7 Å². The average molecular weight is 258 g/mol. The van der Waals surface area contributed by atoms with Crippen molar-refractivity contribution in [2.75, 3.05) is 6.61 Å². The Balaban J connectivity index is 2.44. The van der Waals surface area contributed by atoms with Gasteiger partial charge in [-0.2, -0.15) is 13.2 Å². The van der Waals surface area contributed by atoms with E-state index in [2.05, 4.69) is 0 Å². The lowest BCUT2D eigenvalue weighted by atomic mass is 9.85. The molecule has 100 valence electrons. The summed E-state index contributed by atoms with van der Waals surface area (Å²) in [6.45, 7) is 5.71. The third-order valence-electron chi connectivity index (χ3n) is 4.25. The summed E-state index contributed by atoms with van der Waals surface area (Å²) < 4.78 is 37.8. The quantitative estimate of drug-likeness (QED) is 0.858. The SMILES string of the molecule is Cc1cc(C(F)(F)F)ccc1C1(CO)CC1(C)C. The molecule has 2 rings (SSSR count). The molecule has 1 nitrogen and oxygen atoms in total. The minimum Gasteiger partial charge on any atom is -0.395 e. The van der Waals surface area contributed by atoms with E-state index in [1.165, 1.54) is 12.1 Å². The third kappa shape index (κ3) is 1.83. The first-order valence-electron chi connectivity index (χ1n) is 5.93. The number of halogens is 3. The molecule has 1 unspecified atom stereocenters. The van der Waals surface area contributed by atoms with Crippen LogP contribution in [0.4, 0.5) is 13.2 Å². The molecule has 0 aromatic heterocycles. The summed E-state index contributed by atoms with van der Waals surface area (Å²) in [6, 6.07) is 3.79. The largest absolute Gasteiger partial charge is 0.416 e. The lowest BCUT2D eigenvalue weighted by molar-refractivity contribution is -0.137. The molecular weight excluding hydrogens is 241 g/mol. The van der Waals surface area contributed by atoms with Crippen molar-refractivity contribution in [3.05, 3.63) is 34.9 Å². The van der Waals surface area contributed by atoms with Gasteiger partial charge in [0, 0.05) is 5.41 Å². The molecule has 1 fully saturated rings. The van der Waals surface area contributed by atoms with Gasteiger partial charge >= 0.3 is 6.18 Å². The number of aryl methyl sites for hydroxylation is 1. The second-order valence-electron chi connectivity index (χ2n) is 5.83. The number of alkyl halides is 3. The molecule has 0 saturated heterocycles. The first-order valence-corrected chi connectivity index (χ1v) is 5.93. The van der Waals surface area contributed by atoms with Gasteiger partial charge in [0.15, 0.2) is 0 Å². The highest BCUT2D eigenvalue weighted by Crippen LogP contribution is 2.64. The second kappa shape index (κ2) is 3.73. The highest BCUT2D eigenvalue weighted by molar-refractivity contribution is 5.44. The van der Waals surface area contributed by atoms with E-state index in [-0.39, 0.29) is 17.4 Å². The van der Waals surface area contributed by atoms with E-state index >= 15 is 0 Å². The first kappa shape index (κ1) is 13.4. The van der Waals surface area contributed by atoms with Crippen LogP contribution in [-0.4, -0.2) is 11.7 Å². The van der Waals surface area contributed by atoms with Crippen LogP contribution in [0.3, 0.4) is 0 Å². The van der Waals surface area contributed by atoms with Crippen molar-refractivity contribution in [2.24, 2.45) is 5.41 Å². The molecule has 1 atom stereocenters. The highest BCUT2D eigenvalue weighted by atomic mass is 19.4. The van der Waals surface area contributed by atoms with Gasteiger partial charge in [0.25, 0.3) is 0 Å². The van der Waals surface area contributed by atoms with Gasteiger partial charge in [0.1, 0.15) is 0 Å². The Hall–Kier alpha value is -1.03. The fourth-order valence-electron chi connectivity index (χ4n) is 2.90. The Bertz CT molecular complexity index is 476. The molecule has 0 aliphatic heterocycles. The van der Waals surface area contributed by atoms with Crippen LogP contribution in [0.25, 0.3) is 0 Å². The van der Waals surface area contributed by atoms with E-state index in [4.69, 9.17) is 0 Å². The van der Waals surface area contributed by atoms with Crippen molar-refractivity contribution in [3.8, 4) is 0 Å². The Kier molecular flexibility index (Phi) is 2.78. The summed E-state index contributed by atoms with van der Waals surface area (Å²) in [4.78, 5) is 0. The molecule has 0 radical (unpaired) electrons. The zero-order valence-corrected chi connectivity index (χ0v) is 10.7. The van der Waals surface area contributed by atoms with Crippen LogP contribution in [0.15, 0.2) is 18.2 Å². The number of aliphatic hydroxyl groups excluding tert-OH is 1. The van der Waals surface area contributed by atoms with E-state index in [9.17, 15) is 18.3 Å². The van der Waals surface area contributed by atoms with Crippen molar-refractivity contribution in [1.82, 2.24) is 0 Å². The fraction of sp³-hybridized carbons (Fsp3) is 0.571. The highest BCUT2D eigenvalue weighted by Gasteiger charge is 2.62. The summed E-state index contributed by atoms with van der Waals surface area (Å²) in [5.41, 5.74) is 0.385. The maximum Gasteiger partial charge on any atom is 0.416 e. The van der Waals surface area contributed by atoms with Gasteiger partial charge in [-0.05, 0) is 42.0 Å². The topological polar surface area (TPSA) is 20.2 Å². The van der Waals surface area contributed by atoms with Crippen molar-refractivity contribution in [2.45, 2.75) is 38.8 Å². The van der Waals surface area contributed by atoms with E-state index in [1.807, 2.05) is 13.8 Å². The van der Waals surface area contributed by atoms with Gasteiger partial charge in [-0.25, -0.2) is 0 Å². The maximum atomic E-state index is 12.6. The molecule has 1 aromatic rings. The number of rotatable bonds is 2. The molecule has 0 spiro atoms. The molecule has 0 amide bonds. The van der Waals surface area contributed by atoms with Crippen molar-refractivity contribution >= 4 is 0 Å². The molecule has 18 heavy (non-hydrogen) atoms. The normalized spacial score (nSPS) is 26.2. The monoisotopic (exact) mass is 258 g/mol. The standard InChI is InChI=1S/C14H17F3O/c1-9-6-10(14(15,16)17)4-5-11(9)13(8-18)7-12(13,2)3/h4-6,18H,7-8H2,1-3H3. The zero-order valence-electron chi connectivity index (χ0n) is 10.7. The summed E-state index contributed by atoms with van der Waals surface area (Å²) in [5.74, 6) is 0. The van der Waals surface area contributed by atoms with Crippen LogP contribution in [-0.2, 0) is 11.6 Å². The predicted octanol–water partition coefficient (Wildman–Crippen LogP) is 3.67. The van der Waals surface area contributed by atoms with Crippen LogP contribution in [0.1, 0.15) is 37.0 Å². The molecule has 4 heteroatoms. The minimum atomic E-state index is -4.31. The van der Waals surface area contributed by atoms with E-state index in [1.54, 1.807) is 6.92 Å². The Morgan fingerprint density at radius 3 is 2.17 bits per heavy atom. The van der Waals surface area contributed by atoms with Gasteiger partial charge < -0.3 is 5.11 Å². The third-order valence-corrected chi connectivity index (χ3v) is 4.25. The summed E-state index contributed by atoms with van der Waals surface area (Å²) in [6.07, 6.45) is -3.50. The van der Waals surface area contributed by atoms with Gasteiger partial charge in [-0.3, -0.25) is 0 Å². The van der Waals surface area contributed by atoms with Crippen LogP contribution in [0.2, 0.25) is 0 Å². The zero-order chi connectivity index (χ0) is 13.8. The first-order chi connectivity index (χ1) is 8.14. The molecule has 1 aromatic carbocycles. The number of benzene rings is 1. The van der Waals surface area contributed by atoms with Gasteiger partial charge in [-0.15, -0.1) is 0 Å². The number of hydrogen-bond acceptors (Lipinski definition) is 1. The Labute approximate surface area is 105 Å². The fourth-order valence-corrected chi connectivity index (χ4v) is 2.90. The van der Waals surface area contributed by atoms with Crippen LogP contribution >= 0.6 is 0 Å². The van der Waals surface area contributed by atoms with Crippen LogP contribution < -0.4 is 0 Å². The molecular formula is C14H17F3O. The van der Waals surface area contributed by atoms with Crippen LogP contribution in [0, 0.1) is 12.3 Å². The predicted molar refractivity (Wildman–Crippen MR) is 63.3 cm³/mol. The van der Waals surface area contributed by atoms with Crippen molar-refractivity contribution in [1.29, 1.82) is 0 Å². The van der Waals surface area contributed by atoms with Gasteiger partial charge in [-0.1, -0.05) is 19.9 Å².